The lowest BCUT2D eigenvalue weighted by molar-refractivity contribution is -0.0597. The Morgan fingerprint density at radius 1 is 1.14 bits per heavy atom. The van der Waals surface area contributed by atoms with Crippen LogP contribution in [-0.2, 0) is 10.3 Å². The molecule has 0 radical (unpaired) electrons. The van der Waals surface area contributed by atoms with Gasteiger partial charge in [-0.25, -0.2) is 10.8 Å². The van der Waals surface area contributed by atoms with Crippen molar-refractivity contribution < 1.29 is 9.84 Å². The van der Waals surface area contributed by atoms with E-state index in [0.717, 1.165) is 81.9 Å². The van der Waals surface area contributed by atoms with Gasteiger partial charge in [0.1, 0.15) is 5.82 Å². The zero-order chi connectivity index (χ0) is 25.0. The molecule has 9 nitrogen and oxygen atoms in total. The molecule has 3 fully saturated rings. The predicted octanol–water partition coefficient (Wildman–Crippen LogP) is 3.45. The van der Waals surface area contributed by atoms with Crippen LogP contribution in [0.5, 0.6) is 0 Å². The second kappa shape index (κ2) is 11.4. The first-order valence-electron chi connectivity index (χ1n) is 13.7. The topological polar surface area (TPSA) is 113 Å². The highest BCUT2D eigenvalue weighted by atomic mass is 16.5. The summed E-state index contributed by atoms with van der Waals surface area (Å²) in [5.74, 6) is 7.55. The molecule has 0 spiro atoms. The number of unbranched alkanes of at least 4 members (excludes halogenated alkanes) is 1. The third kappa shape index (κ3) is 5.34. The summed E-state index contributed by atoms with van der Waals surface area (Å²) in [5.41, 5.74) is 3.13. The van der Waals surface area contributed by atoms with Crippen LogP contribution in [0.15, 0.2) is 24.5 Å². The third-order valence-electron chi connectivity index (χ3n) is 8.20. The van der Waals surface area contributed by atoms with E-state index < -0.39 is 0 Å². The van der Waals surface area contributed by atoms with E-state index in [1.54, 1.807) is 5.01 Å². The Morgan fingerprint density at radius 3 is 2.56 bits per heavy atom. The lowest BCUT2D eigenvalue weighted by Crippen LogP contribution is -2.55. The fraction of sp³-hybridized carbons (Fsp3) is 0.667. The Kier molecular flexibility index (Phi) is 8.00. The number of hydrogen-bond donors (Lipinski definition) is 3. The fourth-order valence-electron chi connectivity index (χ4n) is 5.77. The Balaban J connectivity index is 1.40. The molecule has 3 heterocycles. The van der Waals surface area contributed by atoms with Crippen molar-refractivity contribution in [2.45, 2.75) is 82.4 Å². The molecule has 0 bridgehead atoms. The number of rotatable bonds is 9. The first kappa shape index (κ1) is 25.3. The van der Waals surface area contributed by atoms with Gasteiger partial charge in [-0.3, -0.25) is 14.9 Å². The van der Waals surface area contributed by atoms with Crippen molar-refractivity contribution >= 4 is 11.8 Å². The van der Waals surface area contributed by atoms with Gasteiger partial charge in [-0.1, -0.05) is 19.4 Å². The maximum Gasteiger partial charge on any atom is 0.241 e. The van der Waals surface area contributed by atoms with Gasteiger partial charge in [-0.2, -0.15) is 4.98 Å². The number of morpholine rings is 1. The van der Waals surface area contributed by atoms with Crippen molar-refractivity contribution in [3.63, 3.8) is 0 Å². The van der Waals surface area contributed by atoms with Gasteiger partial charge < -0.3 is 15.2 Å². The van der Waals surface area contributed by atoms with Crippen LogP contribution >= 0.6 is 0 Å². The van der Waals surface area contributed by atoms with Gasteiger partial charge in [0.2, 0.25) is 5.95 Å². The Bertz CT molecular complexity index is 984. The smallest absolute Gasteiger partial charge is 0.241 e. The molecular formula is C27H41N7O2. The van der Waals surface area contributed by atoms with Gasteiger partial charge >= 0.3 is 0 Å². The molecule has 2 saturated carbocycles. The van der Waals surface area contributed by atoms with Gasteiger partial charge in [0.05, 0.1) is 30.6 Å². The van der Waals surface area contributed by atoms with Crippen molar-refractivity contribution in [3.8, 4) is 11.3 Å². The normalized spacial score (nSPS) is 24.2. The second-order valence-electron chi connectivity index (χ2n) is 10.5. The molecule has 0 aromatic carbocycles. The summed E-state index contributed by atoms with van der Waals surface area (Å²) in [4.78, 5) is 16.9. The van der Waals surface area contributed by atoms with Crippen molar-refractivity contribution in [2.75, 3.05) is 43.2 Å². The van der Waals surface area contributed by atoms with Gasteiger partial charge in [0.25, 0.3) is 0 Å². The summed E-state index contributed by atoms with van der Waals surface area (Å²) in [6.45, 7) is 6.43. The lowest BCUT2D eigenvalue weighted by Gasteiger charge is -2.52. The Labute approximate surface area is 214 Å². The summed E-state index contributed by atoms with van der Waals surface area (Å²) < 4.78 is 5.60. The summed E-state index contributed by atoms with van der Waals surface area (Å²) in [6, 6.07) is 4.61. The first-order chi connectivity index (χ1) is 17.6. The molecule has 0 amide bonds. The van der Waals surface area contributed by atoms with Gasteiger partial charge in [-0.15, -0.1) is 0 Å². The molecule has 0 atom stereocenters. The zero-order valence-corrected chi connectivity index (χ0v) is 21.5. The molecular weight excluding hydrogens is 454 g/mol. The number of nitrogens with one attached hydrogen (secondary N) is 1. The lowest BCUT2D eigenvalue weighted by atomic mass is 9.70. The van der Waals surface area contributed by atoms with Crippen LogP contribution in [0.3, 0.4) is 0 Å². The highest BCUT2D eigenvalue weighted by molar-refractivity contribution is 5.73. The van der Waals surface area contributed by atoms with Crippen molar-refractivity contribution in [3.05, 3.63) is 30.1 Å². The average Bonchev–Trinajstić information content (AvgIpc) is 2.89. The van der Waals surface area contributed by atoms with E-state index in [-0.39, 0.29) is 17.7 Å². The van der Waals surface area contributed by atoms with Crippen LogP contribution in [0.1, 0.15) is 70.3 Å². The average molecular weight is 496 g/mol. The molecule has 196 valence electrons. The quantitative estimate of drug-likeness (QED) is 0.356. The van der Waals surface area contributed by atoms with Crippen LogP contribution in [0, 0.1) is 0 Å². The summed E-state index contributed by atoms with van der Waals surface area (Å²) in [5, 5.41) is 15.2. The number of nitrogens with zero attached hydrogens (tertiary/aromatic N) is 5. The number of hydrazine groups is 1. The number of hydrogen-bond acceptors (Lipinski definition) is 9. The van der Waals surface area contributed by atoms with Crippen LogP contribution in [-0.4, -0.2) is 70.0 Å². The van der Waals surface area contributed by atoms with Gasteiger partial charge in [-0.05, 0) is 63.0 Å². The molecule has 9 heteroatoms. The van der Waals surface area contributed by atoms with Gasteiger partial charge in [0.15, 0.2) is 0 Å². The predicted molar refractivity (Wildman–Crippen MR) is 142 cm³/mol. The summed E-state index contributed by atoms with van der Waals surface area (Å²) in [7, 11) is 0. The number of aliphatic hydroxyl groups excluding tert-OH is 1. The SMILES string of the molecule is CCCCN(N)c1ncc(-c2ccc(C3(N4CCOCC4)CCC3)cn2)c(NC2CCC(O)CC2)n1. The number of nitrogens with two attached hydrogens (primary N) is 1. The maximum absolute atomic E-state index is 9.94. The van der Waals surface area contributed by atoms with E-state index in [2.05, 4.69) is 40.5 Å². The maximum atomic E-state index is 9.94. The zero-order valence-electron chi connectivity index (χ0n) is 21.5. The van der Waals surface area contributed by atoms with E-state index in [4.69, 9.17) is 20.5 Å². The molecule has 1 saturated heterocycles. The molecule has 0 unspecified atom stereocenters. The molecule has 4 N–H and O–H groups in total. The van der Waals surface area contributed by atoms with E-state index in [1.165, 1.54) is 24.8 Å². The minimum atomic E-state index is -0.198. The molecule has 2 aromatic rings. The minimum absolute atomic E-state index is 0.0962. The van der Waals surface area contributed by atoms with Crippen LogP contribution in [0.4, 0.5) is 11.8 Å². The highest BCUT2D eigenvalue weighted by Crippen LogP contribution is 2.47. The van der Waals surface area contributed by atoms with Gasteiger partial charge in [0, 0.05) is 43.6 Å². The monoisotopic (exact) mass is 495 g/mol. The standard InChI is InChI=1S/C27H41N7O2/c1-2-3-13-34(28)26-30-19-23(25(32-26)31-21-6-8-22(35)9-7-21)24-10-5-20(18-29-24)27(11-4-12-27)33-14-16-36-17-15-33/h5,10,18-19,21-22,35H,2-4,6-9,11-17,28H2,1H3,(H,30,31,32). The number of pyridine rings is 1. The molecule has 5 rings (SSSR count). The van der Waals surface area contributed by atoms with Crippen molar-refractivity contribution in [1.29, 1.82) is 0 Å². The molecule has 36 heavy (non-hydrogen) atoms. The first-order valence-corrected chi connectivity index (χ1v) is 13.7. The summed E-state index contributed by atoms with van der Waals surface area (Å²) in [6.07, 6.45) is 12.8. The Morgan fingerprint density at radius 2 is 1.92 bits per heavy atom. The number of aliphatic hydroxyl groups is 1. The van der Waals surface area contributed by atoms with Crippen LogP contribution in [0.2, 0.25) is 0 Å². The van der Waals surface area contributed by atoms with E-state index in [9.17, 15) is 5.11 Å². The largest absolute Gasteiger partial charge is 0.393 e. The number of ether oxygens (including phenoxy) is 1. The molecule has 3 aliphatic rings. The molecule has 1 aliphatic heterocycles. The third-order valence-corrected chi connectivity index (χ3v) is 8.20. The second-order valence-corrected chi connectivity index (χ2v) is 10.5. The molecule has 2 aromatic heterocycles. The number of aromatic nitrogens is 3. The van der Waals surface area contributed by atoms with Crippen molar-refractivity contribution in [2.24, 2.45) is 5.84 Å². The molecule has 2 aliphatic carbocycles. The van der Waals surface area contributed by atoms with E-state index in [1.807, 2.05) is 6.20 Å². The van der Waals surface area contributed by atoms with Crippen LogP contribution in [0.25, 0.3) is 11.3 Å². The number of anilines is 2. The van der Waals surface area contributed by atoms with E-state index >= 15 is 0 Å². The Hall–Kier alpha value is -2.33. The summed E-state index contributed by atoms with van der Waals surface area (Å²) >= 11 is 0. The van der Waals surface area contributed by atoms with Crippen LogP contribution < -0.4 is 16.2 Å². The highest BCUT2D eigenvalue weighted by Gasteiger charge is 2.44. The minimum Gasteiger partial charge on any atom is -0.393 e. The van der Waals surface area contributed by atoms with E-state index in [0.29, 0.717) is 12.5 Å². The van der Waals surface area contributed by atoms with Crippen molar-refractivity contribution in [1.82, 2.24) is 19.9 Å². The fourth-order valence-corrected chi connectivity index (χ4v) is 5.77.